The molecule has 1 atom stereocenters. The van der Waals surface area contributed by atoms with Crippen LogP contribution in [0.5, 0.6) is 11.5 Å². The number of carbonyl (C=O) groups excluding carboxylic acids is 2. The van der Waals surface area contributed by atoms with Crippen LogP contribution >= 0.6 is 11.5 Å². The van der Waals surface area contributed by atoms with Gasteiger partial charge in [0.05, 0.1) is 31.2 Å². The number of carbonyl (C=O) groups is 2. The number of rotatable bonds is 8. The zero-order valence-electron chi connectivity index (χ0n) is 18.9. The second-order valence-corrected chi connectivity index (χ2v) is 8.26. The molecule has 0 aliphatic rings. The Balaban J connectivity index is 0.00000385. The Bertz CT molecular complexity index is 1170. The Morgan fingerprint density at radius 3 is 2.45 bits per heavy atom. The lowest BCUT2D eigenvalue weighted by Crippen LogP contribution is -3.00. The summed E-state index contributed by atoms with van der Waals surface area (Å²) in [7, 11) is 3.18. The average molecular weight is 491 g/mol. The van der Waals surface area contributed by atoms with Crippen molar-refractivity contribution in [2.45, 2.75) is 26.3 Å². The van der Waals surface area contributed by atoms with Crippen LogP contribution in [0.4, 0.5) is 5.69 Å². The number of amides is 2. The predicted octanol–water partition coefficient (Wildman–Crippen LogP) is -0.460. The number of ether oxygens (including phenoxy) is 2. The molecule has 176 valence electrons. The van der Waals surface area contributed by atoms with E-state index in [1.807, 2.05) is 32.0 Å². The topological polar surface area (TPSA) is 131 Å². The van der Waals surface area contributed by atoms with Crippen molar-refractivity contribution in [1.29, 1.82) is 0 Å². The third kappa shape index (κ3) is 5.81. The Morgan fingerprint density at radius 1 is 1.12 bits per heavy atom. The number of primary amides is 1. The fourth-order valence-corrected chi connectivity index (χ4v) is 4.12. The average Bonchev–Trinajstić information content (AvgIpc) is 3.25. The van der Waals surface area contributed by atoms with Gasteiger partial charge in [0.15, 0.2) is 6.04 Å². The molecule has 0 aliphatic carbocycles. The maximum Gasteiger partial charge on any atom is 0.283 e. The highest BCUT2D eigenvalue weighted by atomic mass is 35.5. The third-order valence-electron chi connectivity index (χ3n) is 5.26. The summed E-state index contributed by atoms with van der Waals surface area (Å²) in [5, 5.41) is 2.79. The molecule has 2 amide bonds. The molecule has 8 nitrogen and oxygen atoms in total. The van der Waals surface area contributed by atoms with E-state index in [1.165, 1.54) is 18.6 Å². The summed E-state index contributed by atoms with van der Waals surface area (Å²) >= 11 is 1.39. The van der Waals surface area contributed by atoms with Crippen LogP contribution in [0.15, 0.2) is 36.5 Å². The van der Waals surface area contributed by atoms with E-state index in [-0.39, 0.29) is 18.8 Å². The SMILES string of the molecule is COc1ccc(-c2cnsc2-c2cc(C)c(C)c(OC)c2)cc1NC(=O)[C@H]([NH3+])CC(N)=O.[Cl-]. The monoisotopic (exact) mass is 490 g/mol. The van der Waals surface area contributed by atoms with E-state index in [4.69, 9.17) is 15.2 Å². The molecular formula is C23H27ClN4O4S. The van der Waals surface area contributed by atoms with Gasteiger partial charge in [0, 0.05) is 11.8 Å². The number of aromatic nitrogens is 1. The molecule has 0 bridgehead atoms. The standard InChI is InChI=1S/C23H26N4O4S.ClH/c1-12-7-15(9-20(31-4)13(12)2)22-16(11-26-32-22)14-5-6-19(30-3)18(8-14)27-23(29)17(24)10-21(25)28;/h5-9,11,17H,10,24H2,1-4H3,(H2,25,28)(H,27,29);1H/t17-;/m1./s1. The highest BCUT2D eigenvalue weighted by molar-refractivity contribution is 7.10. The number of hydrogen-bond acceptors (Lipinski definition) is 6. The quantitative estimate of drug-likeness (QED) is 0.393. The molecule has 0 radical (unpaired) electrons. The normalized spacial score (nSPS) is 11.3. The molecule has 0 unspecified atom stereocenters. The first kappa shape index (κ1) is 26.1. The highest BCUT2D eigenvalue weighted by Gasteiger charge is 2.22. The van der Waals surface area contributed by atoms with E-state index < -0.39 is 17.9 Å². The number of halogens is 1. The van der Waals surface area contributed by atoms with Gasteiger partial charge < -0.3 is 38.7 Å². The summed E-state index contributed by atoms with van der Waals surface area (Å²) in [6, 6.07) is 8.81. The lowest BCUT2D eigenvalue weighted by atomic mass is 9.99. The molecule has 0 saturated carbocycles. The van der Waals surface area contributed by atoms with Crippen molar-refractivity contribution in [3.8, 4) is 33.1 Å². The largest absolute Gasteiger partial charge is 1.00 e. The number of nitrogens with zero attached hydrogens (tertiary/aromatic N) is 1. The summed E-state index contributed by atoms with van der Waals surface area (Å²) in [6.07, 6.45) is 1.66. The zero-order valence-corrected chi connectivity index (χ0v) is 20.5. The maximum atomic E-state index is 12.5. The van der Waals surface area contributed by atoms with Crippen molar-refractivity contribution in [3.63, 3.8) is 0 Å². The van der Waals surface area contributed by atoms with Gasteiger partial charge in [0.2, 0.25) is 5.91 Å². The highest BCUT2D eigenvalue weighted by Crippen LogP contribution is 2.40. The Morgan fingerprint density at radius 2 is 1.82 bits per heavy atom. The van der Waals surface area contributed by atoms with Crippen LogP contribution in [0.2, 0.25) is 0 Å². The molecule has 3 rings (SSSR count). The molecule has 33 heavy (non-hydrogen) atoms. The smallest absolute Gasteiger partial charge is 0.283 e. The molecule has 6 N–H and O–H groups in total. The summed E-state index contributed by atoms with van der Waals surface area (Å²) < 4.78 is 15.3. The molecule has 10 heteroatoms. The van der Waals surface area contributed by atoms with E-state index in [0.717, 1.165) is 38.4 Å². The molecule has 0 fully saturated rings. The van der Waals surface area contributed by atoms with Crippen molar-refractivity contribution in [3.05, 3.63) is 47.7 Å². The van der Waals surface area contributed by atoms with Crippen LogP contribution in [0, 0.1) is 13.8 Å². The van der Waals surface area contributed by atoms with Crippen molar-refractivity contribution >= 4 is 29.0 Å². The van der Waals surface area contributed by atoms with E-state index in [0.29, 0.717) is 11.4 Å². The summed E-state index contributed by atoms with van der Waals surface area (Å²) in [4.78, 5) is 24.6. The minimum atomic E-state index is -0.803. The van der Waals surface area contributed by atoms with Crippen LogP contribution in [0.25, 0.3) is 21.6 Å². The van der Waals surface area contributed by atoms with E-state index in [2.05, 4.69) is 21.5 Å². The van der Waals surface area contributed by atoms with Crippen LogP contribution in [0.3, 0.4) is 0 Å². The van der Waals surface area contributed by atoms with Gasteiger partial charge in [-0.2, -0.15) is 4.37 Å². The van der Waals surface area contributed by atoms with Crippen LogP contribution < -0.4 is 38.7 Å². The van der Waals surface area contributed by atoms with Gasteiger partial charge in [-0.05, 0) is 65.8 Å². The summed E-state index contributed by atoms with van der Waals surface area (Å²) in [6.45, 7) is 4.07. The van der Waals surface area contributed by atoms with Crippen LogP contribution in [-0.2, 0) is 9.59 Å². The Kier molecular flexibility index (Phi) is 8.81. The van der Waals surface area contributed by atoms with Crippen molar-refractivity contribution < 1.29 is 37.2 Å². The molecule has 0 aliphatic heterocycles. The lowest BCUT2D eigenvalue weighted by molar-refractivity contribution is -0.401. The van der Waals surface area contributed by atoms with Gasteiger partial charge in [-0.25, -0.2) is 0 Å². The lowest BCUT2D eigenvalue weighted by Gasteiger charge is -2.14. The minimum Gasteiger partial charge on any atom is -1.00 e. The maximum absolute atomic E-state index is 12.5. The molecule has 1 heterocycles. The fourth-order valence-electron chi connectivity index (χ4n) is 3.37. The molecule has 0 saturated heterocycles. The van der Waals surface area contributed by atoms with Gasteiger partial charge in [-0.3, -0.25) is 9.59 Å². The summed E-state index contributed by atoms with van der Waals surface area (Å²) in [5.41, 5.74) is 14.4. The second-order valence-electron chi connectivity index (χ2n) is 7.46. The number of nitrogens with two attached hydrogens (primary N) is 1. The first-order chi connectivity index (χ1) is 15.2. The molecule has 1 aromatic heterocycles. The second kappa shape index (κ2) is 11.1. The van der Waals surface area contributed by atoms with Gasteiger partial charge in [0.1, 0.15) is 11.5 Å². The van der Waals surface area contributed by atoms with Crippen LogP contribution in [-0.4, -0.2) is 36.4 Å². The molecule has 2 aromatic carbocycles. The Labute approximate surface area is 202 Å². The number of aryl methyl sites for hydroxylation is 1. The van der Waals surface area contributed by atoms with Gasteiger partial charge in [-0.15, -0.1) is 0 Å². The van der Waals surface area contributed by atoms with E-state index in [1.54, 1.807) is 19.4 Å². The third-order valence-corrected chi connectivity index (χ3v) is 6.11. The molecular weight excluding hydrogens is 464 g/mol. The van der Waals surface area contributed by atoms with E-state index >= 15 is 0 Å². The zero-order chi connectivity index (χ0) is 23.4. The van der Waals surface area contributed by atoms with Gasteiger partial charge >= 0.3 is 0 Å². The van der Waals surface area contributed by atoms with Crippen molar-refractivity contribution in [1.82, 2.24) is 4.37 Å². The summed E-state index contributed by atoms with van der Waals surface area (Å²) in [5.74, 6) is 0.310. The Hall–Kier alpha value is -3.14. The number of nitrogens with one attached hydrogen (secondary N) is 1. The van der Waals surface area contributed by atoms with Gasteiger partial charge in [0.25, 0.3) is 5.91 Å². The van der Waals surface area contributed by atoms with E-state index in [9.17, 15) is 9.59 Å². The minimum absolute atomic E-state index is 0. The first-order valence-electron chi connectivity index (χ1n) is 9.96. The van der Waals surface area contributed by atoms with Gasteiger partial charge in [-0.1, -0.05) is 12.1 Å². The fraction of sp³-hybridized carbons (Fsp3) is 0.261. The number of quaternary nitrogens is 1. The number of anilines is 1. The predicted molar refractivity (Wildman–Crippen MR) is 125 cm³/mol. The number of methoxy groups -OCH3 is 2. The van der Waals surface area contributed by atoms with Crippen molar-refractivity contribution in [2.24, 2.45) is 5.73 Å². The first-order valence-corrected chi connectivity index (χ1v) is 10.7. The molecule has 0 spiro atoms. The molecule has 3 aromatic rings. The number of benzene rings is 2. The van der Waals surface area contributed by atoms with Crippen molar-refractivity contribution in [2.75, 3.05) is 19.5 Å². The van der Waals surface area contributed by atoms with Crippen LogP contribution in [0.1, 0.15) is 17.5 Å². The number of hydrogen-bond donors (Lipinski definition) is 3.